The summed E-state index contributed by atoms with van der Waals surface area (Å²) in [6.45, 7) is 11.6. The molecule has 4 aliphatic heterocycles. The molecule has 1 fully saturated rings. The zero-order chi connectivity index (χ0) is 24.0. The molecule has 0 radical (unpaired) electrons. The molecule has 8 unspecified atom stereocenters. The predicted octanol–water partition coefficient (Wildman–Crippen LogP) is 7.75. The summed E-state index contributed by atoms with van der Waals surface area (Å²) in [5.74, 6) is 6.83. The molecule has 1 nitrogen and oxygen atoms in total. The normalized spacial score (nSPS) is 45.6. The summed E-state index contributed by atoms with van der Waals surface area (Å²) in [5.41, 5.74) is 18.2. The van der Waals surface area contributed by atoms with Gasteiger partial charge in [0, 0.05) is 36.0 Å². The topological polar surface area (TPSA) is 12.0 Å². The third kappa shape index (κ3) is 2.33. The summed E-state index contributed by atoms with van der Waals surface area (Å²) in [6, 6.07) is 9.93. The standard InChI is InChI=1S/C34H39NS/c1-15-25-19-9-11-20(12-10-19)26(25)16(2)30-27(15)23-13-35-33(30)31-18(4)32-29(17(3)28(23)31)24-14-36-34(32)22-8-6-5-7-21(22)24/h5-8,15-20,23-24,33-35H,9-14H2,1-4H3. The Balaban J connectivity index is 1.19. The fourth-order valence-corrected chi connectivity index (χ4v) is 12.9. The largest absolute Gasteiger partial charge is 0.306 e. The number of allylic oxidation sites excluding steroid dienone is 3. The van der Waals surface area contributed by atoms with Crippen LogP contribution in [-0.2, 0) is 0 Å². The third-order valence-corrected chi connectivity index (χ3v) is 13.7. The van der Waals surface area contributed by atoms with Gasteiger partial charge in [-0.2, -0.15) is 0 Å². The minimum Gasteiger partial charge on any atom is -0.306 e. The second kappa shape index (κ2) is 7.11. The number of hydrogen-bond acceptors (Lipinski definition) is 2. The number of nitrogens with one attached hydrogen (secondary N) is 1. The Kier molecular flexibility index (Phi) is 4.23. The van der Waals surface area contributed by atoms with Crippen LogP contribution in [0.1, 0.15) is 75.7 Å². The van der Waals surface area contributed by atoms with E-state index in [1.54, 1.807) is 11.1 Å². The van der Waals surface area contributed by atoms with Crippen molar-refractivity contribution in [1.29, 1.82) is 0 Å². The van der Waals surface area contributed by atoms with Gasteiger partial charge >= 0.3 is 0 Å². The predicted molar refractivity (Wildman–Crippen MR) is 150 cm³/mol. The van der Waals surface area contributed by atoms with Crippen LogP contribution in [0.3, 0.4) is 0 Å². The highest BCUT2D eigenvalue weighted by Gasteiger charge is 2.56. The zero-order valence-electron chi connectivity index (χ0n) is 22.2. The van der Waals surface area contributed by atoms with E-state index in [1.807, 2.05) is 44.6 Å². The summed E-state index contributed by atoms with van der Waals surface area (Å²) in [7, 11) is 0. The first kappa shape index (κ1) is 21.4. The Morgan fingerprint density at radius 1 is 0.611 bits per heavy atom. The Hall–Kier alpha value is -1.51. The van der Waals surface area contributed by atoms with Crippen LogP contribution in [0.25, 0.3) is 0 Å². The number of benzene rings is 1. The molecule has 7 aliphatic carbocycles. The molecule has 11 aliphatic rings. The van der Waals surface area contributed by atoms with E-state index in [0.29, 0.717) is 46.8 Å². The van der Waals surface area contributed by atoms with Gasteiger partial charge < -0.3 is 5.32 Å². The molecule has 6 bridgehead atoms. The van der Waals surface area contributed by atoms with Gasteiger partial charge in [0.2, 0.25) is 0 Å². The maximum Gasteiger partial charge on any atom is 0.0518 e. The smallest absolute Gasteiger partial charge is 0.0518 e. The maximum absolute atomic E-state index is 4.15. The molecule has 1 aromatic carbocycles. The van der Waals surface area contributed by atoms with Gasteiger partial charge in [-0.3, -0.25) is 0 Å². The fourth-order valence-electron chi connectivity index (χ4n) is 11.2. The van der Waals surface area contributed by atoms with Gasteiger partial charge in [0.05, 0.1) is 11.3 Å². The van der Waals surface area contributed by atoms with Gasteiger partial charge in [0.25, 0.3) is 0 Å². The molecule has 186 valence electrons. The average molecular weight is 494 g/mol. The van der Waals surface area contributed by atoms with Gasteiger partial charge in [0.15, 0.2) is 0 Å². The molecule has 36 heavy (non-hydrogen) atoms. The van der Waals surface area contributed by atoms with E-state index in [1.165, 1.54) is 38.0 Å². The van der Waals surface area contributed by atoms with Gasteiger partial charge in [-0.15, -0.1) is 11.8 Å². The first-order valence-electron chi connectivity index (χ1n) is 14.9. The molecule has 0 saturated heterocycles. The Morgan fingerprint density at radius 2 is 1.14 bits per heavy atom. The van der Waals surface area contributed by atoms with Crippen LogP contribution in [0.15, 0.2) is 68.9 Å². The summed E-state index contributed by atoms with van der Waals surface area (Å²) >= 11 is 2.23. The van der Waals surface area contributed by atoms with E-state index in [-0.39, 0.29) is 0 Å². The van der Waals surface area contributed by atoms with Crippen molar-refractivity contribution in [2.45, 2.75) is 70.6 Å². The van der Waals surface area contributed by atoms with E-state index < -0.39 is 0 Å². The van der Waals surface area contributed by atoms with E-state index in [9.17, 15) is 0 Å². The van der Waals surface area contributed by atoms with Crippen molar-refractivity contribution in [3.05, 3.63) is 80.0 Å². The number of hydrogen-bond donors (Lipinski definition) is 1. The quantitative estimate of drug-likeness (QED) is 0.371. The van der Waals surface area contributed by atoms with Crippen molar-refractivity contribution >= 4 is 11.8 Å². The molecule has 1 N–H and O–H groups in total. The van der Waals surface area contributed by atoms with Crippen LogP contribution >= 0.6 is 11.8 Å². The van der Waals surface area contributed by atoms with Crippen molar-refractivity contribution in [2.75, 3.05) is 12.3 Å². The van der Waals surface area contributed by atoms with Crippen molar-refractivity contribution in [1.82, 2.24) is 5.32 Å². The summed E-state index contributed by atoms with van der Waals surface area (Å²) in [4.78, 5) is 0. The molecule has 2 heteroatoms. The number of rotatable bonds is 0. The lowest BCUT2D eigenvalue weighted by atomic mass is 9.49. The SMILES string of the molecule is CC1C2=C(C3CCC2CC3)C(C)C2=C1C1CNC2C2=C1C(C)C1=C(C2C)C2SCC1c1ccccc12. The minimum atomic E-state index is 0.485. The van der Waals surface area contributed by atoms with E-state index in [4.69, 9.17) is 0 Å². The molecule has 8 atom stereocenters. The second-order valence-corrected chi connectivity index (χ2v) is 14.5. The first-order chi connectivity index (χ1) is 17.6. The monoisotopic (exact) mass is 493 g/mol. The lowest BCUT2D eigenvalue weighted by Gasteiger charge is -2.59. The minimum absolute atomic E-state index is 0.485. The molecule has 0 aromatic heterocycles. The van der Waals surface area contributed by atoms with Crippen molar-refractivity contribution in [2.24, 2.45) is 41.4 Å². The number of thioether (sulfide) groups is 1. The van der Waals surface area contributed by atoms with Crippen LogP contribution in [0.2, 0.25) is 0 Å². The summed E-state index contributed by atoms with van der Waals surface area (Å²) in [5, 5.41) is 4.73. The molecule has 4 heterocycles. The molecule has 0 spiro atoms. The lowest BCUT2D eigenvalue weighted by Crippen LogP contribution is -2.56. The average Bonchev–Trinajstić information content (AvgIpc) is 2.94. The molecule has 1 saturated carbocycles. The molecule has 1 aromatic rings. The second-order valence-electron chi connectivity index (χ2n) is 13.4. The zero-order valence-corrected chi connectivity index (χ0v) is 23.1. The molecule has 12 rings (SSSR count). The molecular formula is C34H39NS. The van der Waals surface area contributed by atoms with Crippen molar-refractivity contribution in [3.8, 4) is 0 Å². The fraction of sp³-hybridized carbons (Fsp3) is 0.588. The van der Waals surface area contributed by atoms with Gasteiger partial charge in [-0.05, 0) is 77.2 Å². The Morgan fingerprint density at radius 3 is 1.81 bits per heavy atom. The first-order valence-corrected chi connectivity index (χ1v) is 16.0. The van der Waals surface area contributed by atoms with Crippen LogP contribution in [0, 0.1) is 41.4 Å². The van der Waals surface area contributed by atoms with E-state index in [0.717, 1.165) is 11.8 Å². The van der Waals surface area contributed by atoms with Gasteiger partial charge in [0.1, 0.15) is 0 Å². The maximum atomic E-state index is 4.15. The van der Waals surface area contributed by atoms with Crippen LogP contribution in [0.4, 0.5) is 0 Å². The number of fused-ring (bicyclic) bond motifs is 4. The van der Waals surface area contributed by atoms with Crippen LogP contribution < -0.4 is 5.32 Å². The highest BCUT2D eigenvalue weighted by atomic mass is 32.2. The summed E-state index contributed by atoms with van der Waals surface area (Å²) < 4.78 is 0. The van der Waals surface area contributed by atoms with E-state index >= 15 is 0 Å². The Labute approximate surface area is 221 Å². The highest BCUT2D eigenvalue weighted by molar-refractivity contribution is 7.99. The highest BCUT2D eigenvalue weighted by Crippen LogP contribution is 2.67. The molecular weight excluding hydrogens is 454 g/mol. The van der Waals surface area contributed by atoms with Crippen molar-refractivity contribution in [3.63, 3.8) is 0 Å². The van der Waals surface area contributed by atoms with Gasteiger partial charge in [-0.25, -0.2) is 0 Å². The molecule has 0 amide bonds. The third-order valence-electron chi connectivity index (χ3n) is 12.3. The van der Waals surface area contributed by atoms with Crippen LogP contribution in [0.5, 0.6) is 0 Å². The lowest BCUT2D eigenvalue weighted by molar-refractivity contribution is 0.241. The summed E-state index contributed by atoms with van der Waals surface area (Å²) in [6.07, 6.45) is 5.85. The van der Waals surface area contributed by atoms with Crippen LogP contribution in [-0.4, -0.2) is 18.3 Å². The Bertz CT molecular complexity index is 1250. The van der Waals surface area contributed by atoms with Gasteiger partial charge in [-0.1, -0.05) is 79.8 Å². The van der Waals surface area contributed by atoms with E-state index in [2.05, 4.69) is 69.0 Å². The van der Waals surface area contributed by atoms with Crippen molar-refractivity contribution < 1.29 is 0 Å².